The van der Waals surface area contributed by atoms with E-state index < -0.39 is 0 Å². The Morgan fingerprint density at radius 2 is 1.67 bits per heavy atom. The number of ether oxygens (including phenoxy) is 2. The Kier molecular flexibility index (Phi) is 3.72. The summed E-state index contributed by atoms with van der Waals surface area (Å²) in [5.41, 5.74) is 2.92. The molecule has 2 rings (SSSR count). The summed E-state index contributed by atoms with van der Waals surface area (Å²) in [6.45, 7) is 2.02. The monoisotopic (exact) mass is 263 g/mol. The van der Waals surface area contributed by atoms with Crippen LogP contribution in [0.1, 0.15) is 5.56 Å². The molecule has 18 heavy (non-hydrogen) atoms. The average molecular weight is 264 g/mol. The van der Waals surface area contributed by atoms with E-state index in [1.165, 1.54) is 0 Å². The molecule has 0 aliphatic heterocycles. The normalized spacial score (nSPS) is 10.2. The molecule has 94 valence electrons. The van der Waals surface area contributed by atoms with Crippen LogP contribution >= 0.6 is 11.6 Å². The van der Waals surface area contributed by atoms with Crippen molar-refractivity contribution in [2.45, 2.75) is 6.92 Å². The first kappa shape index (κ1) is 12.7. The van der Waals surface area contributed by atoms with E-state index in [9.17, 15) is 0 Å². The molecule has 0 radical (unpaired) electrons. The molecule has 0 fully saturated rings. The average Bonchev–Trinajstić information content (AvgIpc) is 2.39. The lowest BCUT2D eigenvalue weighted by Crippen LogP contribution is -1.92. The lowest BCUT2D eigenvalue weighted by molar-refractivity contribution is 0.395. The second-order valence-corrected chi connectivity index (χ2v) is 4.29. The molecule has 1 aromatic heterocycles. The molecule has 0 aliphatic carbocycles. The minimum atomic E-state index is 0.469. The minimum absolute atomic E-state index is 0.469. The first-order valence-corrected chi connectivity index (χ1v) is 5.88. The predicted molar refractivity (Wildman–Crippen MR) is 72.5 cm³/mol. The van der Waals surface area contributed by atoms with Crippen LogP contribution in [-0.4, -0.2) is 19.2 Å². The maximum atomic E-state index is 6.13. The number of hydrogen-bond acceptors (Lipinski definition) is 3. The molecule has 0 atom stereocenters. The lowest BCUT2D eigenvalue weighted by Gasteiger charge is -2.11. The van der Waals surface area contributed by atoms with E-state index in [-0.39, 0.29) is 0 Å². The van der Waals surface area contributed by atoms with Crippen LogP contribution in [0.3, 0.4) is 0 Å². The molecule has 1 heterocycles. The summed E-state index contributed by atoms with van der Waals surface area (Å²) in [5.74, 6) is 1.16. The van der Waals surface area contributed by atoms with Crippen LogP contribution in [-0.2, 0) is 0 Å². The van der Waals surface area contributed by atoms with Crippen molar-refractivity contribution >= 4 is 11.6 Å². The molecule has 3 nitrogen and oxygen atoms in total. The maximum Gasteiger partial charge on any atom is 0.141 e. The van der Waals surface area contributed by atoms with Gasteiger partial charge >= 0.3 is 0 Å². The van der Waals surface area contributed by atoms with E-state index in [0.717, 1.165) is 16.8 Å². The Balaban J connectivity index is 2.58. The van der Waals surface area contributed by atoms with E-state index in [0.29, 0.717) is 16.5 Å². The topological polar surface area (TPSA) is 31.4 Å². The third-order valence-corrected chi connectivity index (χ3v) is 3.03. The van der Waals surface area contributed by atoms with Crippen molar-refractivity contribution in [3.05, 3.63) is 41.0 Å². The number of halogens is 1. The van der Waals surface area contributed by atoms with Crippen LogP contribution in [0.2, 0.25) is 5.02 Å². The fraction of sp³-hybridized carbons (Fsp3) is 0.214. The van der Waals surface area contributed by atoms with E-state index in [2.05, 4.69) is 4.98 Å². The third-order valence-electron chi connectivity index (χ3n) is 2.66. The van der Waals surface area contributed by atoms with Crippen molar-refractivity contribution in [3.63, 3.8) is 0 Å². The van der Waals surface area contributed by atoms with Gasteiger partial charge in [-0.1, -0.05) is 11.6 Å². The molecule has 0 bridgehead atoms. The van der Waals surface area contributed by atoms with Crippen molar-refractivity contribution in [2.24, 2.45) is 0 Å². The summed E-state index contributed by atoms with van der Waals surface area (Å²) >= 11 is 6.13. The highest BCUT2D eigenvalue weighted by Gasteiger charge is 2.12. The van der Waals surface area contributed by atoms with Crippen LogP contribution in [0.4, 0.5) is 0 Å². The van der Waals surface area contributed by atoms with Gasteiger partial charge in [0.25, 0.3) is 0 Å². The quantitative estimate of drug-likeness (QED) is 0.846. The first-order chi connectivity index (χ1) is 8.65. The molecular weight excluding hydrogens is 250 g/mol. The Hall–Kier alpha value is -1.74. The minimum Gasteiger partial charge on any atom is -0.495 e. The summed E-state index contributed by atoms with van der Waals surface area (Å²) in [4.78, 5) is 4.34. The summed E-state index contributed by atoms with van der Waals surface area (Å²) in [6, 6.07) is 7.66. The maximum absolute atomic E-state index is 6.13. The van der Waals surface area contributed by atoms with E-state index in [1.54, 1.807) is 20.4 Å². The van der Waals surface area contributed by atoms with Gasteiger partial charge in [0.05, 0.1) is 19.9 Å². The van der Waals surface area contributed by atoms with Gasteiger partial charge in [-0.25, -0.2) is 0 Å². The van der Waals surface area contributed by atoms with Crippen LogP contribution in [0.5, 0.6) is 11.5 Å². The van der Waals surface area contributed by atoms with Gasteiger partial charge in [0.15, 0.2) is 0 Å². The molecular formula is C14H14ClNO2. The Morgan fingerprint density at radius 1 is 1.06 bits per heavy atom. The number of aromatic nitrogens is 1. The van der Waals surface area contributed by atoms with Crippen LogP contribution in [0.25, 0.3) is 11.3 Å². The highest BCUT2D eigenvalue weighted by atomic mass is 35.5. The van der Waals surface area contributed by atoms with Gasteiger partial charge in [-0.15, -0.1) is 0 Å². The van der Waals surface area contributed by atoms with E-state index >= 15 is 0 Å². The third kappa shape index (κ3) is 2.41. The zero-order chi connectivity index (χ0) is 13.1. The van der Waals surface area contributed by atoms with Gasteiger partial charge in [-0.3, -0.25) is 4.98 Å². The van der Waals surface area contributed by atoms with Gasteiger partial charge in [0.2, 0.25) is 0 Å². The number of pyridine rings is 1. The van der Waals surface area contributed by atoms with E-state index in [1.807, 2.05) is 31.2 Å². The molecule has 0 N–H and O–H groups in total. The van der Waals surface area contributed by atoms with Crippen molar-refractivity contribution < 1.29 is 9.47 Å². The Bertz CT molecular complexity index is 544. The summed E-state index contributed by atoms with van der Waals surface area (Å²) in [5, 5.41) is 0.469. The zero-order valence-corrected chi connectivity index (χ0v) is 11.3. The second-order valence-electron chi connectivity index (χ2n) is 3.91. The largest absolute Gasteiger partial charge is 0.495 e. The van der Waals surface area contributed by atoms with Gasteiger partial charge in [0.1, 0.15) is 16.5 Å². The molecule has 0 saturated carbocycles. The molecule has 0 unspecified atom stereocenters. The first-order valence-electron chi connectivity index (χ1n) is 5.50. The number of rotatable bonds is 3. The van der Waals surface area contributed by atoms with Crippen molar-refractivity contribution in [3.8, 4) is 22.8 Å². The Morgan fingerprint density at radius 3 is 2.17 bits per heavy atom. The number of benzene rings is 1. The number of methoxy groups -OCH3 is 2. The highest BCUT2D eigenvalue weighted by Crippen LogP contribution is 2.38. The fourth-order valence-electron chi connectivity index (χ4n) is 1.71. The number of hydrogen-bond donors (Lipinski definition) is 0. The zero-order valence-electron chi connectivity index (χ0n) is 10.5. The molecule has 0 aliphatic rings. The van der Waals surface area contributed by atoms with Crippen molar-refractivity contribution in [1.82, 2.24) is 4.98 Å². The molecule has 0 spiro atoms. The highest BCUT2D eigenvalue weighted by molar-refractivity contribution is 6.33. The van der Waals surface area contributed by atoms with Gasteiger partial charge in [-0.05, 0) is 36.8 Å². The molecule has 0 amide bonds. The summed E-state index contributed by atoms with van der Waals surface area (Å²) in [6.07, 6.45) is 1.78. The summed E-state index contributed by atoms with van der Waals surface area (Å²) in [7, 11) is 3.15. The van der Waals surface area contributed by atoms with Crippen LogP contribution in [0, 0.1) is 6.92 Å². The van der Waals surface area contributed by atoms with Gasteiger partial charge in [-0.2, -0.15) is 0 Å². The van der Waals surface area contributed by atoms with Crippen molar-refractivity contribution in [1.29, 1.82) is 0 Å². The summed E-state index contributed by atoms with van der Waals surface area (Å²) < 4.78 is 10.5. The second kappa shape index (κ2) is 5.27. The number of aryl methyl sites for hydroxylation is 1. The predicted octanol–water partition coefficient (Wildman–Crippen LogP) is 3.73. The van der Waals surface area contributed by atoms with Gasteiger partial charge < -0.3 is 9.47 Å². The SMILES string of the molecule is COc1cc(-c2cc(C)ccn2)cc(OC)c1Cl. The standard InChI is InChI=1S/C14H14ClNO2/c1-9-4-5-16-11(6-9)10-7-12(17-2)14(15)13(8-10)18-3/h4-8H,1-3H3. The Labute approximate surface area is 111 Å². The fourth-order valence-corrected chi connectivity index (χ4v) is 1.97. The molecule has 0 saturated heterocycles. The van der Waals surface area contributed by atoms with Gasteiger partial charge in [0, 0.05) is 11.8 Å². The smallest absolute Gasteiger partial charge is 0.141 e. The van der Waals surface area contributed by atoms with Crippen molar-refractivity contribution in [2.75, 3.05) is 14.2 Å². The van der Waals surface area contributed by atoms with Crippen LogP contribution in [0.15, 0.2) is 30.5 Å². The molecule has 1 aromatic carbocycles. The van der Waals surface area contributed by atoms with Crippen LogP contribution < -0.4 is 9.47 Å². The molecule has 4 heteroatoms. The lowest BCUT2D eigenvalue weighted by atomic mass is 10.1. The number of nitrogens with zero attached hydrogens (tertiary/aromatic N) is 1. The van der Waals surface area contributed by atoms with E-state index in [4.69, 9.17) is 21.1 Å². The molecule has 2 aromatic rings.